The average molecular weight is 451 g/mol. The van der Waals surface area contributed by atoms with Crippen molar-refractivity contribution in [3.63, 3.8) is 0 Å². The van der Waals surface area contributed by atoms with Crippen LogP contribution < -0.4 is 4.74 Å². The third-order valence-corrected chi connectivity index (χ3v) is 8.81. The van der Waals surface area contributed by atoms with E-state index in [0.717, 1.165) is 36.1 Å². The van der Waals surface area contributed by atoms with Crippen LogP contribution in [0.5, 0.6) is 11.5 Å². The Morgan fingerprint density at radius 2 is 2.15 bits per heavy atom. The highest BCUT2D eigenvalue weighted by atomic mass is 16.5. The number of furan rings is 1. The van der Waals surface area contributed by atoms with Crippen molar-refractivity contribution in [2.24, 2.45) is 5.92 Å². The van der Waals surface area contributed by atoms with Gasteiger partial charge in [-0.05, 0) is 62.5 Å². The maximum atomic E-state index is 13.2. The first kappa shape index (κ1) is 20.8. The summed E-state index contributed by atoms with van der Waals surface area (Å²) >= 11 is 0. The molecular weight excluding hydrogens is 420 g/mol. The number of nitrogens with zero attached hydrogens (tertiary/aromatic N) is 2. The molecule has 174 valence electrons. The van der Waals surface area contributed by atoms with Gasteiger partial charge in [-0.25, -0.2) is 0 Å². The summed E-state index contributed by atoms with van der Waals surface area (Å²) in [6.07, 6.45) is 8.06. The van der Waals surface area contributed by atoms with Gasteiger partial charge in [-0.1, -0.05) is 13.0 Å². The van der Waals surface area contributed by atoms with Crippen LogP contribution in [0.3, 0.4) is 0 Å². The fourth-order valence-electron chi connectivity index (χ4n) is 7.39. The molecule has 2 aliphatic carbocycles. The van der Waals surface area contributed by atoms with Crippen molar-refractivity contribution in [2.45, 2.75) is 55.4 Å². The highest BCUT2D eigenvalue weighted by Gasteiger charge is 2.74. The fraction of sp³-hybridized carbons (Fsp3) is 0.500. The summed E-state index contributed by atoms with van der Waals surface area (Å²) in [5, 5.41) is 23.1. The number of hydrogen-bond donors (Lipinski definition) is 2. The molecule has 0 radical (unpaired) electrons. The molecule has 2 N–H and O–H groups in total. The molecule has 2 aliphatic heterocycles. The lowest BCUT2D eigenvalue weighted by Gasteiger charge is -2.65. The summed E-state index contributed by atoms with van der Waals surface area (Å²) in [5.74, 6) is 0.487. The van der Waals surface area contributed by atoms with E-state index in [-0.39, 0.29) is 29.7 Å². The normalized spacial score (nSPS) is 36.5. The Hall–Kier alpha value is -2.77. The van der Waals surface area contributed by atoms with E-state index in [1.807, 2.05) is 13.1 Å². The Kier molecular flexibility index (Phi) is 4.33. The standard InChI is InChI=1S/C26H30N2O5/c1-15-13-26(31)19-12-17-5-6-18(29)23-21(17)25(26,9-10-27(19)2)24(33-23)22(15)28(3)20(30)7-4-16-8-11-32-14-16/h4-8,11,14-15,19,22,24,29,31H,9-10,12-13H2,1-3H3/b7-4+/t15-,19+,22+,24-,25-,26+/m0/s1. The van der Waals surface area contributed by atoms with Gasteiger partial charge in [-0.15, -0.1) is 0 Å². The van der Waals surface area contributed by atoms with Crippen LogP contribution >= 0.6 is 0 Å². The number of likely N-dealkylation sites (tertiary alicyclic amines) is 1. The van der Waals surface area contributed by atoms with Gasteiger partial charge in [0, 0.05) is 30.3 Å². The number of amides is 1. The summed E-state index contributed by atoms with van der Waals surface area (Å²) in [5.41, 5.74) is 1.29. The highest BCUT2D eigenvalue weighted by Crippen LogP contribution is 2.66. The fourth-order valence-corrected chi connectivity index (χ4v) is 7.39. The number of aromatic hydroxyl groups is 1. The minimum absolute atomic E-state index is 0.0106. The van der Waals surface area contributed by atoms with E-state index in [0.29, 0.717) is 12.2 Å². The number of hydrogen-bond acceptors (Lipinski definition) is 6. The number of aliphatic hydroxyl groups is 1. The van der Waals surface area contributed by atoms with Gasteiger partial charge in [0.25, 0.3) is 0 Å². The first-order chi connectivity index (χ1) is 15.8. The van der Waals surface area contributed by atoms with Crippen LogP contribution in [0, 0.1) is 5.92 Å². The first-order valence-electron chi connectivity index (χ1n) is 11.7. The van der Waals surface area contributed by atoms with Crippen molar-refractivity contribution in [2.75, 3.05) is 20.6 Å². The molecule has 6 rings (SSSR count). The number of ether oxygens (including phenoxy) is 1. The molecule has 1 spiro atoms. The van der Waals surface area contributed by atoms with Gasteiger partial charge in [0.05, 0.1) is 29.6 Å². The number of phenolic OH excluding ortho intramolecular Hbond substituents is 1. The molecule has 33 heavy (non-hydrogen) atoms. The monoisotopic (exact) mass is 450 g/mol. The van der Waals surface area contributed by atoms with E-state index >= 15 is 0 Å². The van der Waals surface area contributed by atoms with Crippen molar-refractivity contribution in [3.8, 4) is 11.5 Å². The summed E-state index contributed by atoms with van der Waals surface area (Å²) in [6.45, 7) is 2.93. The zero-order valence-corrected chi connectivity index (χ0v) is 19.2. The maximum Gasteiger partial charge on any atom is 0.246 e. The number of carbonyl (C=O) groups is 1. The van der Waals surface area contributed by atoms with Crippen LogP contribution in [0.25, 0.3) is 6.08 Å². The topological polar surface area (TPSA) is 86.4 Å². The zero-order chi connectivity index (χ0) is 23.1. The van der Waals surface area contributed by atoms with Crippen molar-refractivity contribution in [1.82, 2.24) is 9.80 Å². The quantitative estimate of drug-likeness (QED) is 0.699. The average Bonchev–Trinajstić information content (AvgIpc) is 3.41. The Balaban J connectivity index is 1.45. The predicted molar refractivity (Wildman–Crippen MR) is 122 cm³/mol. The van der Waals surface area contributed by atoms with Crippen molar-refractivity contribution >= 4 is 12.0 Å². The van der Waals surface area contributed by atoms with E-state index < -0.39 is 17.1 Å². The number of rotatable bonds is 3. The van der Waals surface area contributed by atoms with Crippen LogP contribution in [-0.4, -0.2) is 70.3 Å². The van der Waals surface area contributed by atoms with Crippen LogP contribution in [-0.2, 0) is 16.6 Å². The third kappa shape index (κ3) is 2.55. The first-order valence-corrected chi connectivity index (χ1v) is 11.7. The molecule has 1 aromatic heterocycles. The van der Waals surface area contributed by atoms with Gasteiger partial charge in [0.2, 0.25) is 5.91 Å². The second-order valence-corrected chi connectivity index (χ2v) is 10.3. The lowest BCUT2D eigenvalue weighted by atomic mass is 9.47. The predicted octanol–water partition coefficient (Wildman–Crippen LogP) is 2.56. The molecule has 2 aromatic rings. The van der Waals surface area contributed by atoms with E-state index in [1.165, 1.54) is 0 Å². The zero-order valence-electron chi connectivity index (χ0n) is 19.2. The van der Waals surface area contributed by atoms with Crippen LogP contribution in [0.4, 0.5) is 0 Å². The van der Waals surface area contributed by atoms with Gasteiger partial charge in [0.1, 0.15) is 6.10 Å². The van der Waals surface area contributed by atoms with Gasteiger partial charge >= 0.3 is 0 Å². The number of piperidine rings is 1. The molecule has 1 saturated heterocycles. The molecule has 4 aliphatic rings. The number of carbonyl (C=O) groups excluding carboxylic acids is 1. The van der Waals surface area contributed by atoms with Gasteiger partial charge < -0.3 is 29.2 Å². The molecule has 2 fully saturated rings. The van der Waals surface area contributed by atoms with Gasteiger partial charge in [0.15, 0.2) is 11.5 Å². The van der Waals surface area contributed by atoms with Crippen LogP contribution in [0.15, 0.2) is 41.2 Å². The highest BCUT2D eigenvalue weighted by molar-refractivity contribution is 5.92. The molecule has 0 unspecified atom stereocenters. The van der Waals surface area contributed by atoms with Crippen LogP contribution in [0.1, 0.15) is 36.5 Å². The lowest BCUT2D eigenvalue weighted by Crippen LogP contribution is -2.79. The number of phenols is 1. The Morgan fingerprint density at radius 1 is 1.33 bits per heavy atom. The second-order valence-electron chi connectivity index (χ2n) is 10.3. The summed E-state index contributed by atoms with van der Waals surface area (Å²) in [6, 6.07) is 5.21. The molecular formula is C26H30N2O5. The van der Waals surface area contributed by atoms with E-state index in [2.05, 4.69) is 18.9 Å². The molecule has 1 saturated carbocycles. The minimum atomic E-state index is -0.983. The molecule has 2 bridgehead atoms. The molecule has 7 heteroatoms. The van der Waals surface area contributed by atoms with E-state index in [1.54, 1.807) is 41.7 Å². The minimum Gasteiger partial charge on any atom is -0.504 e. The molecule has 7 nitrogen and oxygen atoms in total. The third-order valence-electron chi connectivity index (χ3n) is 8.81. The molecule has 1 amide bonds. The second kappa shape index (κ2) is 6.87. The summed E-state index contributed by atoms with van der Waals surface area (Å²) in [4.78, 5) is 17.2. The smallest absolute Gasteiger partial charge is 0.246 e. The summed E-state index contributed by atoms with van der Waals surface area (Å²) in [7, 11) is 3.90. The van der Waals surface area contributed by atoms with Crippen molar-refractivity contribution < 1.29 is 24.2 Å². The molecule has 1 aromatic carbocycles. The van der Waals surface area contributed by atoms with E-state index in [4.69, 9.17) is 9.15 Å². The Labute approximate surface area is 193 Å². The number of likely N-dealkylation sites (N-methyl/N-ethyl adjacent to an activating group) is 2. The van der Waals surface area contributed by atoms with Crippen molar-refractivity contribution in [1.29, 1.82) is 0 Å². The SMILES string of the molecule is C[C@H]1C[C@@]2(O)[C@H]3Cc4ccc(O)c5c4[C@@]2(CCN3C)[C@@H](O5)[C@@H]1N(C)C(=O)/C=C/c1ccoc1. The number of benzene rings is 1. The largest absolute Gasteiger partial charge is 0.504 e. The maximum absolute atomic E-state index is 13.2. The van der Waals surface area contributed by atoms with Crippen molar-refractivity contribution in [3.05, 3.63) is 53.5 Å². The van der Waals surface area contributed by atoms with E-state index in [9.17, 15) is 15.0 Å². The van der Waals surface area contributed by atoms with Crippen LogP contribution in [0.2, 0.25) is 0 Å². The molecule has 3 heterocycles. The summed E-state index contributed by atoms with van der Waals surface area (Å²) < 4.78 is 11.6. The Bertz CT molecular complexity index is 1140. The molecule has 6 atom stereocenters. The van der Waals surface area contributed by atoms with Gasteiger partial charge in [-0.3, -0.25) is 4.79 Å². The lowest BCUT2D eigenvalue weighted by molar-refractivity contribution is -0.208. The van der Waals surface area contributed by atoms with Gasteiger partial charge in [-0.2, -0.15) is 0 Å². The Morgan fingerprint density at radius 3 is 2.91 bits per heavy atom.